The van der Waals surface area contributed by atoms with Crippen LogP contribution in [0.3, 0.4) is 0 Å². The molecule has 0 unspecified atom stereocenters. The van der Waals surface area contributed by atoms with E-state index in [9.17, 15) is 9.90 Å². The largest absolute Gasteiger partial charge is 0.506 e. The van der Waals surface area contributed by atoms with E-state index in [-0.39, 0.29) is 5.75 Å². The predicted octanol–water partition coefficient (Wildman–Crippen LogP) is 0.755. The van der Waals surface area contributed by atoms with Crippen molar-refractivity contribution in [3.8, 4) is 5.75 Å². The standard InChI is InChI=1S/C9H9N3O3S/c13-7-1-2-10-3-5(7)11-9-12-6(4-16-9)8(14)15/h1-3,6H,4H2,(H,10,13)(H,11,12)(H,14,15)/t6-/m0/s1. The van der Waals surface area contributed by atoms with Gasteiger partial charge in [0.1, 0.15) is 11.4 Å². The number of amidine groups is 1. The lowest BCUT2D eigenvalue weighted by Gasteiger charge is -2.05. The minimum Gasteiger partial charge on any atom is -0.506 e. The number of aromatic nitrogens is 1. The van der Waals surface area contributed by atoms with Crippen LogP contribution >= 0.6 is 11.8 Å². The second kappa shape index (κ2) is 4.40. The summed E-state index contributed by atoms with van der Waals surface area (Å²) in [6.07, 6.45) is 2.91. The van der Waals surface area contributed by atoms with Gasteiger partial charge in [-0.1, -0.05) is 11.8 Å². The van der Waals surface area contributed by atoms with Crippen molar-refractivity contribution in [2.24, 2.45) is 4.99 Å². The van der Waals surface area contributed by atoms with Crippen LogP contribution in [0.25, 0.3) is 0 Å². The number of nitrogens with zero attached hydrogens (tertiary/aromatic N) is 2. The lowest BCUT2D eigenvalue weighted by molar-refractivity contribution is -0.137. The van der Waals surface area contributed by atoms with Crippen LogP contribution < -0.4 is 5.32 Å². The number of anilines is 1. The van der Waals surface area contributed by atoms with Gasteiger partial charge in [-0.2, -0.15) is 0 Å². The molecule has 0 aromatic carbocycles. The minimum absolute atomic E-state index is 0.0528. The summed E-state index contributed by atoms with van der Waals surface area (Å²) in [5.41, 5.74) is 0.416. The number of aliphatic carboxylic acids is 1. The molecular weight excluding hydrogens is 230 g/mol. The molecular formula is C9H9N3O3S. The van der Waals surface area contributed by atoms with Crippen LogP contribution in [0, 0.1) is 0 Å². The molecule has 1 aliphatic rings. The fourth-order valence-electron chi connectivity index (χ4n) is 1.17. The first-order valence-corrected chi connectivity index (χ1v) is 5.49. The summed E-state index contributed by atoms with van der Waals surface area (Å²) >= 11 is 1.30. The molecule has 2 rings (SSSR count). The summed E-state index contributed by atoms with van der Waals surface area (Å²) in [4.78, 5) is 18.4. The Morgan fingerprint density at radius 1 is 1.62 bits per heavy atom. The number of aliphatic imine (C=N–C) groups is 1. The highest BCUT2D eigenvalue weighted by Gasteiger charge is 2.24. The molecule has 16 heavy (non-hydrogen) atoms. The number of hydrogen-bond donors (Lipinski definition) is 3. The Bertz CT molecular complexity index is 449. The predicted molar refractivity (Wildman–Crippen MR) is 60.8 cm³/mol. The van der Waals surface area contributed by atoms with Crippen LogP contribution in [0.15, 0.2) is 23.5 Å². The lowest BCUT2D eigenvalue weighted by atomic mass is 10.4. The molecule has 3 N–H and O–H groups in total. The molecule has 0 aliphatic carbocycles. The summed E-state index contributed by atoms with van der Waals surface area (Å²) in [7, 11) is 0. The number of thioether (sulfide) groups is 1. The molecule has 0 radical (unpaired) electrons. The maximum Gasteiger partial charge on any atom is 0.329 e. The van der Waals surface area contributed by atoms with Gasteiger partial charge in [0.25, 0.3) is 0 Å². The van der Waals surface area contributed by atoms with E-state index in [1.165, 1.54) is 30.2 Å². The average molecular weight is 239 g/mol. The number of nitrogens with one attached hydrogen (secondary N) is 1. The van der Waals surface area contributed by atoms with Crippen LogP contribution in [0.1, 0.15) is 0 Å². The van der Waals surface area contributed by atoms with Gasteiger partial charge in [0, 0.05) is 18.0 Å². The molecule has 1 aliphatic heterocycles. The Morgan fingerprint density at radius 3 is 3.06 bits per heavy atom. The van der Waals surface area contributed by atoms with E-state index in [0.717, 1.165) is 0 Å². The number of carboxylic acid groups (broad SMARTS) is 1. The molecule has 0 saturated heterocycles. The van der Waals surface area contributed by atoms with E-state index in [4.69, 9.17) is 5.11 Å². The van der Waals surface area contributed by atoms with Crippen molar-refractivity contribution in [1.29, 1.82) is 0 Å². The number of hydrogen-bond acceptors (Lipinski definition) is 6. The molecule has 6 nitrogen and oxygen atoms in total. The fraction of sp³-hybridized carbons (Fsp3) is 0.222. The second-order valence-corrected chi connectivity index (χ2v) is 4.13. The first-order chi connectivity index (χ1) is 7.66. The SMILES string of the molecule is O=C(O)[C@@H]1CSC(Nc2cnccc2O)=N1. The first-order valence-electron chi connectivity index (χ1n) is 4.50. The number of rotatable bonds is 2. The van der Waals surface area contributed by atoms with Gasteiger partial charge >= 0.3 is 5.97 Å². The van der Waals surface area contributed by atoms with Gasteiger partial charge in [0.05, 0.1) is 6.20 Å². The Balaban J connectivity index is 2.09. The Kier molecular flexibility index (Phi) is 2.95. The third-order valence-corrected chi connectivity index (χ3v) is 2.94. The average Bonchev–Trinajstić information content (AvgIpc) is 2.70. The van der Waals surface area contributed by atoms with E-state index >= 15 is 0 Å². The van der Waals surface area contributed by atoms with E-state index in [2.05, 4.69) is 15.3 Å². The number of carbonyl (C=O) groups is 1. The zero-order chi connectivity index (χ0) is 11.5. The molecule has 0 spiro atoms. The molecule has 7 heteroatoms. The van der Waals surface area contributed by atoms with Crippen LogP contribution in [-0.4, -0.2) is 38.1 Å². The summed E-state index contributed by atoms with van der Waals surface area (Å²) in [6, 6.07) is 0.725. The van der Waals surface area contributed by atoms with Crippen molar-refractivity contribution >= 4 is 28.6 Å². The highest BCUT2D eigenvalue weighted by atomic mass is 32.2. The normalized spacial score (nSPS) is 19.2. The van der Waals surface area contributed by atoms with Gasteiger partial charge in [-0.15, -0.1) is 0 Å². The quantitative estimate of drug-likeness (QED) is 0.705. The molecule has 1 aromatic rings. The van der Waals surface area contributed by atoms with Gasteiger partial charge in [-0.05, 0) is 0 Å². The summed E-state index contributed by atoms with van der Waals surface area (Å²) in [6.45, 7) is 0. The Labute approximate surface area is 95.4 Å². The highest BCUT2D eigenvalue weighted by molar-refractivity contribution is 8.14. The van der Waals surface area contributed by atoms with Crippen LogP contribution in [0.5, 0.6) is 5.75 Å². The maximum absolute atomic E-state index is 10.7. The molecule has 1 aromatic heterocycles. The third-order valence-electron chi connectivity index (χ3n) is 1.98. The number of carboxylic acids is 1. The second-order valence-electron chi connectivity index (χ2n) is 3.12. The van der Waals surface area contributed by atoms with Gasteiger partial charge in [-0.3, -0.25) is 4.98 Å². The molecule has 0 bridgehead atoms. The Morgan fingerprint density at radius 2 is 2.44 bits per heavy atom. The smallest absolute Gasteiger partial charge is 0.329 e. The first kappa shape index (κ1) is 10.7. The molecule has 0 amide bonds. The molecule has 2 heterocycles. The van der Waals surface area contributed by atoms with Crippen LogP contribution in [0.2, 0.25) is 0 Å². The molecule has 0 fully saturated rings. The van der Waals surface area contributed by atoms with Crippen LogP contribution in [-0.2, 0) is 4.79 Å². The summed E-state index contributed by atoms with van der Waals surface area (Å²) in [5.74, 6) is -0.490. The molecule has 0 saturated carbocycles. The third kappa shape index (κ3) is 2.25. The van der Waals surface area contributed by atoms with Crippen molar-refractivity contribution in [3.63, 3.8) is 0 Å². The monoisotopic (exact) mass is 239 g/mol. The number of aromatic hydroxyl groups is 1. The van der Waals surface area contributed by atoms with Crippen molar-refractivity contribution in [2.75, 3.05) is 11.1 Å². The van der Waals surface area contributed by atoms with Gasteiger partial charge in [-0.25, -0.2) is 9.79 Å². The summed E-state index contributed by atoms with van der Waals surface area (Å²) < 4.78 is 0. The van der Waals surface area contributed by atoms with Crippen molar-refractivity contribution < 1.29 is 15.0 Å². The van der Waals surface area contributed by atoms with Crippen LogP contribution in [0.4, 0.5) is 5.69 Å². The van der Waals surface area contributed by atoms with Gasteiger partial charge in [0.15, 0.2) is 11.2 Å². The van der Waals surface area contributed by atoms with Gasteiger partial charge < -0.3 is 15.5 Å². The van der Waals surface area contributed by atoms with E-state index in [0.29, 0.717) is 16.6 Å². The van der Waals surface area contributed by atoms with E-state index < -0.39 is 12.0 Å². The maximum atomic E-state index is 10.7. The topological polar surface area (TPSA) is 94.8 Å². The van der Waals surface area contributed by atoms with Crippen molar-refractivity contribution in [1.82, 2.24) is 4.98 Å². The number of pyridine rings is 1. The van der Waals surface area contributed by atoms with Crippen molar-refractivity contribution in [2.45, 2.75) is 6.04 Å². The lowest BCUT2D eigenvalue weighted by Crippen LogP contribution is -2.17. The van der Waals surface area contributed by atoms with E-state index in [1.54, 1.807) is 0 Å². The summed E-state index contributed by atoms with van der Waals surface area (Å²) in [5, 5.41) is 21.5. The molecule has 1 atom stereocenters. The fourth-order valence-corrected chi connectivity index (χ4v) is 2.08. The van der Waals surface area contributed by atoms with Gasteiger partial charge in [0.2, 0.25) is 0 Å². The van der Waals surface area contributed by atoms with E-state index in [1.807, 2.05) is 0 Å². The Hall–Kier alpha value is -1.76. The zero-order valence-corrected chi connectivity index (χ0v) is 8.94. The van der Waals surface area contributed by atoms with Crippen molar-refractivity contribution in [3.05, 3.63) is 18.5 Å². The zero-order valence-electron chi connectivity index (χ0n) is 8.12. The minimum atomic E-state index is -0.945. The molecule has 84 valence electrons. The highest BCUT2D eigenvalue weighted by Crippen LogP contribution is 2.25.